The highest BCUT2D eigenvalue weighted by molar-refractivity contribution is 6.22. The van der Waals surface area contributed by atoms with Gasteiger partial charge in [-0.1, -0.05) is 36.4 Å². The second-order valence-corrected chi connectivity index (χ2v) is 7.44. The number of ether oxygens (including phenoxy) is 1. The number of amides is 2. The van der Waals surface area contributed by atoms with Crippen LogP contribution < -0.4 is 9.64 Å². The van der Waals surface area contributed by atoms with E-state index in [0.717, 1.165) is 25.9 Å². The molecule has 0 unspecified atom stereocenters. The third kappa shape index (κ3) is 3.67. The molecule has 0 aromatic heterocycles. The van der Waals surface area contributed by atoms with Crippen molar-refractivity contribution in [1.29, 1.82) is 0 Å². The summed E-state index contributed by atoms with van der Waals surface area (Å²) in [4.78, 5) is 29.2. The average molecular weight is 378 g/mol. The second-order valence-electron chi connectivity index (χ2n) is 7.44. The van der Waals surface area contributed by atoms with Gasteiger partial charge in [-0.25, -0.2) is 4.90 Å². The second kappa shape index (κ2) is 8.15. The van der Waals surface area contributed by atoms with Gasteiger partial charge in [0.25, 0.3) is 5.91 Å². The zero-order chi connectivity index (χ0) is 19.5. The van der Waals surface area contributed by atoms with Crippen molar-refractivity contribution in [3.8, 4) is 5.75 Å². The Hall–Kier alpha value is -2.66. The van der Waals surface area contributed by atoms with E-state index in [0.29, 0.717) is 24.0 Å². The molecule has 5 nitrogen and oxygen atoms in total. The minimum absolute atomic E-state index is 0.114. The van der Waals surface area contributed by atoms with Crippen molar-refractivity contribution in [2.75, 3.05) is 24.6 Å². The molecule has 0 saturated carbocycles. The van der Waals surface area contributed by atoms with E-state index in [2.05, 4.69) is 29.2 Å². The standard InChI is InChI=1S/C23H26N2O3/c1-2-28-20-10-6-9-19(15-20)25-22(26)16-21(23(25)27)24-13-11-18(12-14-24)17-7-4-3-5-8-17/h3-10,15,18,21H,2,11-14,16H2,1H3/t21-/m1/s1. The predicted octanol–water partition coefficient (Wildman–Crippen LogP) is 3.60. The van der Waals surface area contributed by atoms with Gasteiger partial charge in [-0.15, -0.1) is 0 Å². The quantitative estimate of drug-likeness (QED) is 0.746. The van der Waals surface area contributed by atoms with Gasteiger partial charge in [0.15, 0.2) is 0 Å². The number of imide groups is 1. The maximum absolute atomic E-state index is 13.1. The molecule has 2 aromatic carbocycles. The number of carbonyl (C=O) groups is 2. The molecule has 2 saturated heterocycles. The van der Waals surface area contributed by atoms with E-state index in [4.69, 9.17) is 4.74 Å². The molecule has 2 aliphatic heterocycles. The first kappa shape index (κ1) is 18.7. The smallest absolute Gasteiger partial charge is 0.251 e. The van der Waals surface area contributed by atoms with Crippen molar-refractivity contribution in [2.45, 2.75) is 38.1 Å². The van der Waals surface area contributed by atoms with Crippen LogP contribution in [0.4, 0.5) is 5.69 Å². The van der Waals surface area contributed by atoms with E-state index in [1.807, 2.05) is 25.1 Å². The predicted molar refractivity (Wildman–Crippen MR) is 108 cm³/mol. The SMILES string of the molecule is CCOc1cccc(N2C(=O)C[C@@H](N3CCC(c4ccccc4)CC3)C2=O)c1. The van der Waals surface area contributed by atoms with Gasteiger partial charge in [0, 0.05) is 6.07 Å². The molecule has 0 spiro atoms. The number of hydrogen-bond acceptors (Lipinski definition) is 4. The van der Waals surface area contributed by atoms with Crippen molar-refractivity contribution in [1.82, 2.24) is 4.90 Å². The van der Waals surface area contributed by atoms with Gasteiger partial charge in [-0.2, -0.15) is 0 Å². The molecular formula is C23H26N2O3. The fourth-order valence-corrected chi connectivity index (χ4v) is 4.32. The van der Waals surface area contributed by atoms with Gasteiger partial charge >= 0.3 is 0 Å². The lowest BCUT2D eigenvalue weighted by Gasteiger charge is -2.35. The Balaban J connectivity index is 1.44. The molecular weight excluding hydrogens is 352 g/mol. The number of carbonyl (C=O) groups excluding carboxylic acids is 2. The van der Waals surface area contributed by atoms with Crippen LogP contribution in [0.5, 0.6) is 5.75 Å². The van der Waals surface area contributed by atoms with Crippen LogP contribution in [0.3, 0.4) is 0 Å². The number of rotatable bonds is 5. The molecule has 2 fully saturated rings. The van der Waals surface area contributed by atoms with Crippen LogP contribution in [0.15, 0.2) is 54.6 Å². The number of anilines is 1. The van der Waals surface area contributed by atoms with Crippen molar-refractivity contribution >= 4 is 17.5 Å². The van der Waals surface area contributed by atoms with Gasteiger partial charge in [-0.3, -0.25) is 14.5 Å². The van der Waals surface area contributed by atoms with Crippen molar-refractivity contribution in [3.63, 3.8) is 0 Å². The molecule has 5 heteroatoms. The molecule has 28 heavy (non-hydrogen) atoms. The zero-order valence-electron chi connectivity index (χ0n) is 16.2. The Labute approximate surface area is 165 Å². The fourth-order valence-electron chi connectivity index (χ4n) is 4.32. The number of piperidine rings is 1. The minimum atomic E-state index is -0.347. The van der Waals surface area contributed by atoms with Gasteiger partial charge in [0.1, 0.15) is 5.75 Å². The molecule has 0 aliphatic carbocycles. The van der Waals surface area contributed by atoms with Crippen LogP contribution in [0, 0.1) is 0 Å². The van der Waals surface area contributed by atoms with Crippen molar-refractivity contribution < 1.29 is 14.3 Å². The minimum Gasteiger partial charge on any atom is -0.494 e. The average Bonchev–Trinajstić information content (AvgIpc) is 3.03. The van der Waals surface area contributed by atoms with Crippen LogP contribution in [0.2, 0.25) is 0 Å². The number of likely N-dealkylation sites (tertiary alicyclic amines) is 1. The fraction of sp³-hybridized carbons (Fsp3) is 0.391. The first-order chi connectivity index (χ1) is 13.7. The normalized spacial score (nSPS) is 21.3. The summed E-state index contributed by atoms with van der Waals surface area (Å²) in [6.45, 7) is 4.14. The Morgan fingerprint density at radius 3 is 2.46 bits per heavy atom. The number of hydrogen-bond donors (Lipinski definition) is 0. The summed E-state index contributed by atoms with van der Waals surface area (Å²) in [5, 5.41) is 0. The third-order valence-electron chi connectivity index (χ3n) is 5.75. The number of nitrogens with zero attached hydrogens (tertiary/aromatic N) is 2. The largest absolute Gasteiger partial charge is 0.494 e. The highest BCUT2D eigenvalue weighted by Gasteiger charge is 2.43. The van der Waals surface area contributed by atoms with Crippen LogP contribution in [0.25, 0.3) is 0 Å². The first-order valence-corrected chi connectivity index (χ1v) is 10.1. The topological polar surface area (TPSA) is 49.9 Å². The maximum atomic E-state index is 13.1. The van der Waals surface area contributed by atoms with E-state index in [-0.39, 0.29) is 24.3 Å². The first-order valence-electron chi connectivity index (χ1n) is 10.1. The van der Waals surface area contributed by atoms with Gasteiger partial charge in [-0.05, 0) is 56.5 Å². The maximum Gasteiger partial charge on any atom is 0.251 e. The molecule has 146 valence electrons. The van der Waals surface area contributed by atoms with Gasteiger partial charge in [0.05, 0.1) is 24.8 Å². The molecule has 2 aliphatic rings. The van der Waals surface area contributed by atoms with Crippen molar-refractivity contribution in [3.05, 3.63) is 60.2 Å². The lowest BCUT2D eigenvalue weighted by Crippen LogP contribution is -2.45. The zero-order valence-corrected chi connectivity index (χ0v) is 16.2. The summed E-state index contributed by atoms with van der Waals surface area (Å²) in [5.74, 6) is 0.960. The summed E-state index contributed by atoms with van der Waals surface area (Å²) in [7, 11) is 0. The van der Waals surface area contributed by atoms with E-state index in [1.54, 1.807) is 12.1 Å². The summed E-state index contributed by atoms with van der Waals surface area (Å²) >= 11 is 0. The Morgan fingerprint density at radius 1 is 1.00 bits per heavy atom. The molecule has 0 N–H and O–H groups in total. The van der Waals surface area contributed by atoms with Crippen LogP contribution in [-0.2, 0) is 9.59 Å². The molecule has 2 amide bonds. The van der Waals surface area contributed by atoms with Crippen LogP contribution in [-0.4, -0.2) is 42.5 Å². The van der Waals surface area contributed by atoms with Gasteiger partial charge in [0.2, 0.25) is 5.91 Å². The summed E-state index contributed by atoms with van der Waals surface area (Å²) < 4.78 is 5.51. The van der Waals surface area contributed by atoms with Crippen molar-refractivity contribution in [2.24, 2.45) is 0 Å². The van der Waals surface area contributed by atoms with Gasteiger partial charge < -0.3 is 4.74 Å². The lowest BCUT2D eigenvalue weighted by atomic mass is 9.89. The third-order valence-corrected chi connectivity index (χ3v) is 5.75. The molecule has 0 bridgehead atoms. The van der Waals surface area contributed by atoms with E-state index in [9.17, 15) is 9.59 Å². The molecule has 4 rings (SSSR count). The Kier molecular flexibility index (Phi) is 5.44. The molecule has 2 aromatic rings. The molecule has 1 atom stereocenters. The summed E-state index contributed by atoms with van der Waals surface area (Å²) in [6.07, 6.45) is 2.29. The highest BCUT2D eigenvalue weighted by Crippen LogP contribution is 2.33. The summed E-state index contributed by atoms with van der Waals surface area (Å²) in [6, 6.07) is 17.4. The Bertz CT molecular complexity index is 844. The van der Waals surface area contributed by atoms with E-state index >= 15 is 0 Å². The summed E-state index contributed by atoms with van der Waals surface area (Å²) in [5.41, 5.74) is 1.97. The lowest BCUT2D eigenvalue weighted by molar-refractivity contribution is -0.123. The van der Waals surface area contributed by atoms with Crippen LogP contribution in [0.1, 0.15) is 37.7 Å². The highest BCUT2D eigenvalue weighted by atomic mass is 16.5. The Morgan fingerprint density at radius 2 is 1.75 bits per heavy atom. The van der Waals surface area contributed by atoms with Crippen LogP contribution >= 0.6 is 0 Å². The monoisotopic (exact) mass is 378 g/mol. The van der Waals surface area contributed by atoms with E-state index < -0.39 is 0 Å². The molecule has 0 radical (unpaired) electrons. The van der Waals surface area contributed by atoms with E-state index in [1.165, 1.54) is 10.5 Å². The number of benzene rings is 2. The molecule has 2 heterocycles.